The number of benzene rings is 1. The van der Waals surface area contributed by atoms with Crippen LogP contribution in [-0.4, -0.2) is 11.7 Å². The van der Waals surface area contributed by atoms with Gasteiger partial charge in [-0.1, -0.05) is 31.5 Å². The molecule has 0 unspecified atom stereocenters. The maximum Gasteiger partial charge on any atom is 0.0548 e. The second kappa shape index (κ2) is 6.22. The highest BCUT2D eigenvalue weighted by Crippen LogP contribution is 2.33. The van der Waals surface area contributed by atoms with Crippen LogP contribution in [0.5, 0.6) is 0 Å². The molecule has 0 bridgehead atoms. The molecule has 1 aromatic carbocycles. The van der Waals surface area contributed by atoms with E-state index in [0.29, 0.717) is 5.02 Å². The van der Waals surface area contributed by atoms with Gasteiger partial charge in [0.05, 0.1) is 5.02 Å². The lowest BCUT2D eigenvalue weighted by Crippen LogP contribution is -2.32. The minimum absolute atomic E-state index is 0. The molecule has 1 aromatic rings. The van der Waals surface area contributed by atoms with Gasteiger partial charge in [0.15, 0.2) is 0 Å². The van der Waals surface area contributed by atoms with Gasteiger partial charge in [0.25, 0.3) is 0 Å². The minimum atomic E-state index is -0.340. The molecule has 0 saturated heterocycles. The molecule has 0 aliphatic heterocycles. The lowest BCUT2D eigenvalue weighted by atomic mass is 9.82. The van der Waals surface area contributed by atoms with Crippen molar-refractivity contribution in [3.05, 3.63) is 33.3 Å². The third kappa shape index (κ3) is 3.60. The predicted molar refractivity (Wildman–Crippen MR) is 74.2 cm³/mol. The molecule has 1 rings (SSSR count). The van der Waals surface area contributed by atoms with E-state index in [1.807, 2.05) is 26.0 Å². The molecule has 0 amide bonds. The number of hydrogen-bond donors (Lipinski definition) is 2. The van der Waals surface area contributed by atoms with E-state index >= 15 is 0 Å². The normalized spacial score (nSPS) is 13.1. The summed E-state index contributed by atoms with van der Waals surface area (Å²) in [7, 11) is 0. The van der Waals surface area contributed by atoms with Crippen molar-refractivity contribution in [2.45, 2.75) is 19.9 Å². The third-order valence-electron chi connectivity index (χ3n) is 2.55. The van der Waals surface area contributed by atoms with Gasteiger partial charge in [-0.25, -0.2) is 0 Å². The van der Waals surface area contributed by atoms with Gasteiger partial charge in [-0.05, 0) is 33.6 Å². The quantitative estimate of drug-likeness (QED) is 0.891. The van der Waals surface area contributed by atoms with Crippen molar-refractivity contribution in [3.63, 3.8) is 0 Å². The molecule has 0 fully saturated rings. The Labute approximate surface area is 116 Å². The van der Waals surface area contributed by atoms with Gasteiger partial charge in [-0.2, -0.15) is 0 Å². The van der Waals surface area contributed by atoms with E-state index in [-0.39, 0.29) is 30.5 Å². The molecule has 16 heavy (non-hydrogen) atoms. The molecule has 0 spiro atoms. The van der Waals surface area contributed by atoms with Crippen LogP contribution in [0, 0.1) is 5.41 Å². The summed E-state index contributed by atoms with van der Waals surface area (Å²) < 4.78 is 0.825. The Balaban J connectivity index is 0.00000225. The Hall–Kier alpha value is 0.200. The zero-order chi connectivity index (χ0) is 11.6. The molecule has 2 nitrogen and oxygen atoms in total. The van der Waals surface area contributed by atoms with Gasteiger partial charge in [-0.3, -0.25) is 0 Å². The van der Waals surface area contributed by atoms with Crippen molar-refractivity contribution in [2.24, 2.45) is 11.1 Å². The van der Waals surface area contributed by atoms with Crippen LogP contribution in [0.25, 0.3) is 0 Å². The first kappa shape index (κ1) is 16.2. The number of halogens is 3. The van der Waals surface area contributed by atoms with Crippen molar-refractivity contribution in [2.75, 3.05) is 6.61 Å². The fraction of sp³-hybridized carbons (Fsp3) is 0.455. The molecule has 0 heterocycles. The van der Waals surface area contributed by atoms with Crippen LogP contribution < -0.4 is 5.73 Å². The van der Waals surface area contributed by atoms with Crippen LogP contribution in [-0.2, 0) is 0 Å². The van der Waals surface area contributed by atoms with E-state index in [4.69, 9.17) is 17.3 Å². The van der Waals surface area contributed by atoms with Crippen LogP contribution in [0.2, 0.25) is 5.02 Å². The van der Waals surface area contributed by atoms with Gasteiger partial charge in [-0.15, -0.1) is 12.4 Å². The zero-order valence-corrected chi connectivity index (χ0v) is 12.4. The molecule has 0 saturated carbocycles. The molecule has 5 heteroatoms. The van der Waals surface area contributed by atoms with E-state index in [9.17, 15) is 5.11 Å². The fourth-order valence-corrected chi connectivity index (χ4v) is 1.77. The average molecular weight is 329 g/mol. The summed E-state index contributed by atoms with van der Waals surface area (Å²) in [4.78, 5) is 0. The Bertz CT molecular complexity index is 358. The summed E-state index contributed by atoms with van der Waals surface area (Å²) in [5, 5.41) is 9.89. The first-order valence-electron chi connectivity index (χ1n) is 4.70. The largest absolute Gasteiger partial charge is 0.396 e. The van der Waals surface area contributed by atoms with Crippen LogP contribution >= 0.6 is 39.9 Å². The highest BCUT2D eigenvalue weighted by molar-refractivity contribution is 9.10. The third-order valence-corrected chi connectivity index (χ3v) is 3.77. The molecule has 0 aliphatic carbocycles. The van der Waals surface area contributed by atoms with Crippen LogP contribution in [0.3, 0.4) is 0 Å². The second-order valence-electron chi connectivity index (χ2n) is 4.30. The first-order valence-corrected chi connectivity index (χ1v) is 5.87. The van der Waals surface area contributed by atoms with E-state index in [1.54, 1.807) is 6.07 Å². The van der Waals surface area contributed by atoms with E-state index in [0.717, 1.165) is 10.0 Å². The van der Waals surface area contributed by atoms with Gasteiger partial charge in [0.1, 0.15) is 0 Å². The van der Waals surface area contributed by atoms with Crippen LogP contribution in [0.1, 0.15) is 25.5 Å². The summed E-state index contributed by atoms with van der Waals surface area (Å²) in [6.07, 6.45) is 0. The van der Waals surface area contributed by atoms with Crippen molar-refractivity contribution in [1.82, 2.24) is 0 Å². The minimum Gasteiger partial charge on any atom is -0.396 e. The van der Waals surface area contributed by atoms with Crippen LogP contribution in [0.4, 0.5) is 0 Å². The van der Waals surface area contributed by atoms with Crippen molar-refractivity contribution in [1.29, 1.82) is 0 Å². The van der Waals surface area contributed by atoms with Crippen molar-refractivity contribution in [3.8, 4) is 0 Å². The molecular weight excluding hydrogens is 313 g/mol. The first-order chi connectivity index (χ1) is 6.88. The maximum atomic E-state index is 9.23. The molecule has 3 N–H and O–H groups in total. The van der Waals surface area contributed by atoms with Gasteiger partial charge >= 0.3 is 0 Å². The Kier molecular flexibility index (Phi) is 6.30. The van der Waals surface area contributed by atoms with Crippen molar-refractivity contribution >= 4 is 39.9 Å². The Morgan fingerprint density at radius 1 is 1.50 bits per heavy atom. The second-order valence-corrected chi connectivity index (χ2v) is 5.56. The monoisotopic (exact) mass is 327 g/mol. The predicted octanol–water partition coefficient (Wildman–Crippen LogP) is 3.54. The Morgan fingerprint density at radius 2 is 2.06 bits per heavy atom. The standard InChI is InChI=1S/C11H15BrClNO.ClH/c1-11(2,6-15)10(14)7-3-4-9(13)8(12)5-7;/h3-5,10,15H,6,14H2,1-2H3;1H/t10-;/m1./s1. The molecular formula is C11H16BrCl2NO. The SMILES string of the molecule is CC(C)(CO)[C@H](N)c1ccc(Cl)c(Br)c1.Cl. The van der Waals surface area contributed by atoms with E-state index in [1.165, 1.54) is 0 Å². The molecule has 0 aliphatic rings. The summed E-state index contributed by atoms with van der Waals surface area (Å²) in [6.45, 7) is 3.91. The molecule has 92 valence electrons. The lowest BCUT2D eigenvalue weighted by Gasteiger charge is -2.29. The lowest BCUT2D eigenvalue weighted by molar-refractivity contribution is 0.132. The van der Waals surface area contributed by atoms with Gasteiger partial charge in [0.2, 0.25) is 0 Å². The summed E-state index contributed by atoms with van der Waals surface area (Å²) >= 11 is 9.25. The zero-order valence-electron chi connectivity index (χ0n) is 9.21. The smallest absolute Gasteiger partial charge is 0.0548 e. The van der Waals surface area contributed by atoms with Crippen molar-refractivity contribution < 1.29 is 5.11 Å². The van der Waals surface area contributed by atoms with Gasteiger partial charge in [0, 0.05) is 22.5 Å². The average Bonchev–Trinajstić information content (AvgIpc) is 2.21. The highest BCUT2D eigenvalue weighted by atomic mass is 79.9. The number of rotatable bonds is 3. The highest BCUT2D eigenvalue weighted by Gasteiger charge is 2.27. The van der Waals surface area contributed by atoms with E-state index in [2.05, 4.69) is 15.9 Å². The molecule has 0 aromatic heterocycles. The van der Waals surface area contributed by atoms with E-state index < -0.39 is 0 Å². The Morgan fingerprint density at radius 3 is 2.50 bits per heavy atom. The number of hydrogen-bond acceptors (Lipinski definition) is 2. The topological polar surface area (TPSA) is 46.2 Å². The number of aliphatic hydroxyl groups is 1. The molecule has 0 radical (unpaired) electrons. The van der Waals surface area contributed by atoms with Gasteiger partial charge < -0.3 is 10.8 Å². The maximum absolute atomic E-state index is 9.23. The molecule has 1 atom stereocenters. The summed E-state index contributed by atoms with van der Waals surface area (Å²) in [5.41, 5.74) is 6.70. The summed E-state index contributed by atoms with van der Waals surface area (Å²) in [6, 6.07) is 5.37. The van der Waals surface area contributed by atoms with Crippen LogP contribution in [0.15, 0.2) is 22.7 Å². The number of nitrogens with two attached hydrogens (primary N) is 1. The summed E-state index contributed by atoms with van der Waals surface area (Å²) in [5.74, 6) is 0. The fourth-order valence-electron chi connectivity index (χ4n) is 1.26. The number of aliphatic hydroxyl groups excluding tert-OH is 1.